The molecule has 1 atom stereocenters. The average Bonchev–Trinajstić information content (AvgIpc) is 2.62. The van der Waals surface area contributed by atoms with Gasteiger partial charge < -0.3 is 9.84 Å². The highest BCUT2D eigenvalue weighted by atomic mass is 16.5. The number of hydrogen-bond acceptors (Lipinski definition) is 3. The van der Waals surface area contributed by atoms with E-state index >= 15 is 0 Å². The van der Waals surface area contributed by atoms with Crippen LogP contribution in [0.2, 0.25) is 0 Å². The fourth-order valence-corrected chi connectivity index (χ4v) is 3.08. The van der Waals surface area contributed by atoms with Crippen LogP contribution >= 0.6 is 0 Å². The molecular formula is C22H40O4. The molecule has 4 nitrogen and oxygen atoms in total. The third kappa shape index (κ3) is 17.5. The zero-order valence-electron chi connectivity index (χ0n) is 17.0. The predicted molar refractivity (Wildman–Crippen MR) is 107 cm³/mol. The molecule has 0 aliphatic rings. The fraction of sp³-hybridized carbons (Fsp3) is 0.818. The van der Waals surface area contributed by atoms with Crippen LogP contribution < -0.4 is 0 Å². The Morgan fingerprint density at radius 2 is 1.23 bits per heavy atom. The van der Waals surface area contributed by atoms with E-state index in [4.69, 9.17) is 9.84 Å². The zero-order chi connectivity index (χ0) is 19.5. The van der Waals surface area contributed by atoms with Gasteiger partial charge in [0.05, 0.1) is 0 Å². The molecule has 0 saturated heterocycles. The van der Waals surface area contributed by atoms with Crippen molar-refractivity contribution in [1.82, 2.24) is 0 Å². The normalized spacial score (nSPS) is 12.4. The molecule has 0 bridgehead atoms. The number of esters is 1. The van der Waals surface area contributed by atoms with Crippen LogP contribution in [0.4, 0.5) is 0 Å². The van der Waals surface area contributed by atoms with Gasteiger partial charge in [-0.25, -0.2) is 9.59 Å². The van der Waals surface area contributed by atoms with Crippen molar-refractivity contribution in [3.63, 3.8) is 0 Å². The Kier molecular flexibility index (Phi) is 17.5. The van der Waals surface area contributed by atoms with Crippen LogP contribution in [0.15, 0.2) is 12.2 Å². The van der Waals surface area contributed by atoms with E-state index in [-0.39, 0.29) is 6.10 Å². The summed E-state index contributed by atoms with van der Waals surface area (Å²) < 4.78 is 5.27. The highest BCUT2D eigenvalue weighted by Crippen LogP contribution is 2.15. The molecule has 0 heterocycles. The molecule has 0 aromatic heterocycles. The molecular weight excluding hydrogens is 328 g/mol. The second kappa shape index (κ2) is 18.5. The first-order chi connectivity index (χ1) is 12.6. The van der Waals surface area contributed by atoms with Gasteiger partial charge in [-0.3, -0.25) is 0 Å². The highest BCUT2D eigenvalue weighted by Gasteiger charge is 2.10. The largest absolute Gasteiger partial charge is 0.478 e. The van der Waals surface area contributed by atoms with Crippen LogP contribution in [0, 0.1) is 0 Å². The van der Waals surface area contributed by atoms with Gasteiger partial charge in [0.1, 0.15) is 6.10 Å². The maximum Gasteiger partial charge on any atom is 0.331 e. The van der Waals surface area contributed by atoms with Gasteiger partial charge in [-0.15, -0.1) is 0 Å². The number of carboxylic acids is 1. The Labute approximate surface area is 160 Å². The molecule has 0 aromatic rings. The van der Waals surface area contributed by atoms with E-state index in [0.717, 1.165) is 31.4 Å². The zero-order valence-corrected chi connectivity index (χ0v) is 17.0. The molecule has 0 radical (unpaired) electrons. The van der Waals surface area contributed by atoms with Gasteiger partial charge in [0.2, 0.25) is 0 Å². The minimum Gasteiger partial charge on any atom is -0.478 e. The molecule has 0 aliphatic carbocycles. The summed E-state index contributed by atoms with van der Waals surface area (Å²) in [4.78, 5) is 21.9. The second-order valence-corrected chi connectivity index (χ2v) is 7.17. The average molecular weight is 369 g/mol. The first kappa shape index (κ1) is 24.7. The van der Waals surface area contributed by atoms with Crippen molar-refractivity contribution in [2.24, 2.45) is 0 Å². The van der Waals surface area contributed by atoms with E-state index in [0.29, 0.717) is 0 Å². The summed E-state index contributed by atoms with van der Waals surface area (Å²) in [7, 11) is 0. The quantitative estimate of drug-likeness (QED) is 0.172. The molecule has 0 aliphatic heterocycles. The summed E-state index contributed by atoms with van der Waals surface area (Å²) in [5, 5.41) is 8.49. The van der Waals surface area contributed by atoms with Gasteiger partial charge in [-0.1, -0.05) is 90.9 Å². The van der Waals surface area contributed by atoms with E-state index < -0.39 is 11.9 Å². The summed E-state index contributed by atoms with van der Waals surface area (Å²) >= 11 is 0. The lowest BCUT2D eigenvalue weighted by Gasteiger charge is -2.14. The van der Waals surface area contributed by atoms with Gasteiger partial charge in [0.25, 0.3) is 0 Å². The third-order valence-corrected chi connectivity index (χ3v) is 4.73. The van der Waals surface area contributed by atoms with Gasteiger partial charge in [0.15, 0.2) is 0 Å². The van der Waals surface area contributed by atoms with Crippen LogP contribution in [-0.2, 0) is 14.3 Å². The number of carbonyl (C=O) groups is 2. The lowest BCUT2D eigenvalue weighted by atomic mass is 10.0. The number of unbranched alkanes of at least 4 members (excludes halogenated alkanes) is 12. The van der Waals surface area contributed by atoms with Crippen LogP contribution in [0.1, 0.15) is 110 Å². The smallest absolute Gasteiger partial charge is 0.331 e. The van der Waals surface area contributed by atoms with Gasteiger partial charge in [0, 0.05) is 12.2 Å². The Morgan fingerprint density at radius 3 is 1.65 bits per heavy atom. The lowest BCUT2D eigenvalue weighted by molar-refractivity contribution is -0.144. The molecule has 0 fully saturated rings. The predicted octanol–water partition coefficient (Wildman–Crippen LogP) is 6.43. The van der Waals surface area contributed by atoms with Crippen molar-refractivity contribution in [1.29, 1.82) is 0 Å². The molecule has 152 valence electrons. The van der Waals surface area contributed by atoms with E-state index in [1.54, 1.807) is 0 Å². The molecule has 4 heteroatoms. The molecule has 0 amide bonds. The van der Waals surface area contributed by atoms with Crippen molar-refractivity contribution in [3.05, 3.63) is 12.2 Å². The molecule has 0 spiro atoms. The lowest BCUT2D eigenvalue weighted by Crippen LogP contribution is -2.16. The van der Waals surface area contributed by atoms with Crippen LogP contribution in [0.25, 0.3) is 0 Å². The first-order valence-corrected chi connectivity index (χ1v) is 10.7. The number of aliphatic carboxylic acids is 1. The van der Waals surface area contributed by atoms with Crippen LogP contribution in [0.3, 0.4) is 0 Å². The maximum atomic E-state index is 11.5. The molecule has 0 rings (SSSR count). The van der Waals surface area contributed by atoms with E-state index in [9.17, 15) is 9.59 Å². The van der Waals surface area contributed by atoms with Crippen molar-refractivity contribution in [2.75, 3.05) is 0 Å². The molecule has 1 unspecified atom stereocenters. The van der Waals surface area contributed by atoms with Gasteiger partial charge in [-0.2, -0.15) is 0 Å². The topological polar surface area (TPSA) is 63.6 Å². The van der Waals surface area contributed by atoms with E-state index in [1.807, 2.05) is 6.92 Å². The monoisotopic (exact) mass is 368 g/mol. The molecule has 1 N–H and O–H groups in total. The number of rotatable bonds is 18. The van der Waals surface area contributed by atoms with Crippen molar-refractivity contribution < 1.29 is 19.4 Å². The van der Waals surface area contributed by atoms with E-state index in [2.05, 4.69) is 6.92 Å². The first-order valence-electron chi connectivity index (χ1n) is 10.7. The molecule has 0 aromatic carbocycles. The molecule has 26 heavy (non-hydrogen) atoms. The standard InChI is InChI=1S/C22H40O4/c1-3-5-6-7-8-9-10-11-12-13-14-15-16-17-20(4-2)26-22(25)19-18-21(23)24/h18-20H,3-17H2,1-2H3,(H,23,24). The van der Waals surface area contributed by atoms with Gasteiger partial charge >= 0.3 is 11.9 Å². The summed E-state index contributed by atoms with van der Waals surface area (Å²) in [6, 6.07) is 0. The van der Waals surface area contributed by atoms with Gasteiger partial charge in [-0.05, 0) is 19.3 Å². The second-order valence-electron chi connectivity index (χ2n) is 7.17. The molecule has 0 saturated carbocycles. The minimum absolute atomic E-state index is 0.103. The van der Waals surface area contributed by atoms with Crippen molar-refractivity contribution >= 4 is 11.9 Å². The fourth-order valence-electron chi connectivity index (χ4n) is 3.08. The Morgan fingerprint density at radius 1 is 0.769 bits per heavy atom. The Bertz CT molecular complexity index is 376. The summed E-state index contributed by atoms with van der Waals surface area (Å²) in [6.45, 7) is 4.25. The maximum absolute atomic E-state index is 11.5. The van der Waals surface area contributed by atoms with E-state index in [1.165, 1.54) is 77.0 Å². The Hall–Kier alpha value is -1.32. The number of carboxylic acid groups (broad SMARTS) is 1. The summed E-state index contributed by atoms with van der Waals surface area (Å²) in [6.07, 6.45) is 20.5. The third-order valence-electron chi connectivity index (χ3n) is 4.73. The summed E-state index contributed by atoms with van der Waals surface area (Å²) in [5.41, 5.74) is 0. The van der Waals surface area contributed by atoms with Crippen molar-refractivity contribution in [2.45, 2.75) is 116 Å². The SMILES string of the molecule is CCCCCCCCCCCCCCCC(CC)OC(=O)C=CC(=O)O. The number of carbonyl (C=O) groups excluding carboxylic acids is 1. The number of ether oxygens (including phenoxy) is 1. The Balaban J connectivity index is 3.46. The minimum atomic E-state index is -1.13. The van der Waals surface area contributed by atoms with Crippen LogP contribution in [0.5, 0.6) is 0 Å². The van der Waals surface area contributed by atoms with Crippen LogP contribution in [-0.4, -0.2) is 23.1 Å². The highest BCUT2D eigenvalue weighted by molar-refractivity contribution is 5.90. The summed E-state index contributed by atoms with van der Waals surface area (Å²) in [5.74, 6) is -1.69. The number of hydrogen-bond donors (Lipinski definition) is 1. The van der Waals surface area contributed by atoms with Crippen molar-refractivity contribution in [3.8, 4) is 0 Å².